The molecule has 4 rings (SSSR count). The fraction of sp³-hybridized carbons (Fsp3) is 0.192. The van der Waals surface area contributed by atoms with E-state index in [9.17, 15) is 13.2 Å². The normalized spacial score (nSPS) is 18.7. The van der Waals surface area contributed by atoms with Gasteiger partial charge in [-0.3, -0.25) is 0 Å². The van der Waals surface area contributed by atoms with Crippen LogP contribution in [-0.4, -0.2) is 25.3 Å². The molecule has 3 aromatic rings. The molecule has 0 radical (unpaired) electrons. The van der Waals surface area contributed by atoms with Crippen LogP contribution in [0.1, 0.15) is 36.6 Å². The van der Waals surface area contributed by atoms with Gasteiger partial charge in [0.25, 0.3) is 0 Å². The molecule has 1 unspecified atom stereocenters. The molecule has 35 heavy (non-hydrogen) atoms. The van der Waals surface area contributed by atoms with Crippen LogP contribution in [0.25, 0.3) is 0 Å². The van der Waals surface area contributed by atoms with Gasteiger partial charge in [-0.1, -0.05) is 65.1 Å². The zero-order valence-corrected chi connectivity index (χ0v) is 21.8. The number of benzene rings is 3. The molecule has 1 heterocycles. The molecule has 2 atom stereocenters. The lowest BCUT2D eigenvalue weighted by atomic mass is 9.89. The van der Waals surface area contributed by atoms with Crippen LogP contribution in [0.4, 0.5) is 0 Å². The second-order valence-electron chi connectivity index (χ2n) is 7.93. The molecule has 1 aliphatic rings. The Morgan fingerprint density at radius 1 is 0.914 bits per heavy atom. The Morgan fingerprint density at radius 2 is 1.51 bits per heavy atom. The van der Waals surface area contributed by atoms with Crippen molar-refractivity contribution in [2.24, 2.45) is 0 Å². The smallest absolute Gasteiger partial charge is 0.335 e. The second-order valence-corrected chi connectivity index (χ2v) is 11.1. The molecule has 0 N–H and O–H groups in total. The van der Waals surface area contributed by atoms with Crippen LogP contribution in [0.3, 0.4) is 0 Å². The molecule has 0 saturated heterocycles. The molecule has 0 saturated carbocycles. The van der Waals surface area contributed by atoms with Crippen molar-refractivity contribution in [3.8, 4) is 0 Å². The summed E-state index contributed by atoms with van der Waals surface area (Å²) in [6.45, 7) is 1.85. The van der Waals surface area contributed by atoms with E-state index < -0.39 is 28.1 Å². The molecule has 0 bridgehead atoms. The van der Waals surface area contributed by atoms with Gasteiger partial charge in [-0.05, 0) is 73.0 Å². The van der Waals surface area contributed by atoms with E-state index in [-0.39, 0.29) is 23.5 Å². The minimum Gasteiger partial charge on any atom is -0.463 e. The van der Waals surface area contributed by atoms with Crippen molar-refractivity contribution in [1.82, 2.24) is 4.31 Å². The molecule has 0 aromatic heterocycles. The molecule has 0 spiro atoms. The van der Waals surface area contributed by atoms with Crippen LogP contribution < -0.4 is 0 Å². The van der Waals surface area contributed by atoms with Crippen molar-refractivity contribution in [3.63, 3.8) is 0 Å². The van der Waals surface area contributed by atoms with Gasteiger partial charge in [-0.25, -0.2) is 13.2 Å². The Bertz CT molecular complexity index is 1370. The van der Waals surface area contributed by atoms with E-state index in [0.717, 1.165) is 0 Å². The zero-order chi connectivity index (χ0) is 25.2. The molecule has 5 nitrogen and oxygen atoms in total. The third-order valence-corrected chi connectivity index (χ3v) is 8.33. The lowest BCUT2D eigenvalue weighted by molar-refractivity contribution is -0.139. The molecule has 3 aromatic carbocycles. The Balaban J connectivity index is 1.98. The van der Waals surface area contributed by atoms with Crippen molar-refractivity contribution in [3.05, 3.63) is 111 Å². The SMILES string of the molecule is CCOC(=O)C1=CCC(c2cccc(Cl)c2)N(S(=O)(=O)c2ccc(Cl)cc2)[C@H]1c1cccc(Cl)c1. The van der Waals surface area contributed by atoms with Gasteiger partial charge >= 0.3 is 5.97 Å². The first-order chi connectivity index (χ1) is 16.7. The van der Waals surface area contributed by atoms with Crippen LogP contribution >= 0.6 is 34.8 Å². The lowest BCUT2D eigenvalue weighted by Gasteiger charge is -2.41. The summed E-state index contributed by atoms with van der Waals surface area (Å²) in [6, 6.07) is 18.2. The molecule has 0 amide bonds. The van der Waals surface area contributed by atoms with Crippen molar-refractivity contribution in [1.29, 1.82) is 0 Å². The average molecular weight is 551 g/mol. The fourth-order valence-corrected chi connectivity index (χ4v) is 6.52. The lowest BCUT2D eigenvalue weighted by Crippen LogP contribution is -2.42. The first-order valence-corrected chi connectivity index (χ1v) is 13.5. The van der Waals surface area contributed by atoms with Crippen molar-refractivity contribution in [2.75, 3.05) is 6.61 Å². The number of nitrogens with zero attached hydrogens (tertiary/aromatic N) is 1. The highest BCUT2D eigenvalue weighted by molar-refractivity contribution is 7.89. The monoisotopic (exact) mass is 549 g/mol. The molecule has 1 aliphatic heterocycles. The van der Waals surface area contributed by atoms with E-state index in [2.05, 4.69) is 0 Å². The molecular formula is C26H22Cl3NO4S. The van der Waals surface area contributed by atoms with Gasteiger partial charge in [0, 0.05) is 15.1 Å². The average Bonchev–Trinajstić information content (AvgIpc) is 2.83. The van der Waals surface area contributed by atoms with Crippen molar-refractivity contribution >= 4 is 50.8 Å². The third-order valence-electron chi connectivity index (χ3n) is 5.72. The van der Waals surface area contributed by atoms with Crippen LogP contribution in [-0.2, 0) is 19.6 Å². The summed E-state index contributed by atoms with van der Waals surface area (Å²) in [7, 11) is -4.14. The zero-order valence-electron chi connectivity index (χ0n) is 18.7. The Hall–Kier alpha value is -2.35. The number of sulfonamides is 1. The number of carbonyl (C=O) groups excluding carboxylic acids is 1. The number of carbonyl (C=O) groups is 1. The predicted molar refractivity (Wildman–Crippen MR) is 138 cm³/mol. The number of hydrogen-bond acceptors (Lipinski definition) is 4. The van der Waals surface area contributed by atoms with Crippen LogP contribution in [0.5, 0.6) is 0 Å². The Labute approximate surface area is 219 Å². The highest BCUT2D eigenvalue weighted by atomic mass is 35.5. The molecular weight excluding hydrogens is 529 g/mol. The van der Waals surface area contributed by atoms with Gasteiger partial charge in [0.15, 0.2) is 0 Å². The topological polar surface area (TPSA) is 63.7 Å². The maximum absolute atomic E-state index is 14.2. The standard InChI is InChI=1S/C26H22Cl3NO4S/c1-2-34-26(31)23-13-14-24(17-5-3-7-20(28)15-17)30(25(23)18-6-4-8-21(29)16-18)35(32,33)22-11-9-19(27)10-12-22/h3-13,15-16,24-25H,2,14H2,1H3/t24?,25-/m0/s1. The molecule has 182 valence electrons. The Morgan fingerprint density at radius 3 is 2.11 bits per heavy atom. The number of ether oxygens (including phenoxy) is 1. The van der Waals surface area contributed by atoms with E-state index in [0.29, 0.717) is 26.2 Å². The van der Waals surface area contributed by atoms with Crippen molar-refractivity contribution < 1.29 is 17.9 Å². The van der Waals surface area contributed by atoms with Crippen molar-refractivity contribution in [2.45, 2.75) is 30.3 Å². The maximum atomic E-state index is 14.2. The first-order valence-electron chi connectivity index (χ1n) is 10.9. The summed E-state index contributed by atoms with van der Waals surface area (Å²) < 4.78 is 35.1. The number of hydrogen-bond donors (Lipinski definition) is 0. The molecule has 0 fully saturated rings. The summed E-state index contributed by atoms with van der Waals surface area (Å²) >= 11 is 18.6. The van der Waals surface area contributed by atoms with E-state index in [1.54, 1.807) is 55.5 Å². The molecule has 9 heteroatoms. The van der Waals surface area contributed by atoms with Gasteiger partial charge in [0.2, 0.25) is 10.0 Å². The summed E-state index contributed by atoms with van der Waals surface area (Å²) in [4.78, 5) is 13.1. The number of rotatable bonds is 6. The number of halogens is 3. The minimum atomic E-state index is -4.14. The Kier molecular flexibility index (Phi) is 7.89. The minimum absolute atomic E-state index is 0.0473. The van der Waals surface area contributed by atoms with Gasteiger partial charge in [0.05, 0.1) is 29.2 Å². The van der Waals surface area contributed by atoms with E-state index in [4.69, 9.17) is 39.5 Å². The molecule has 0 aliphatic carbocycles. The fourth-order valence-electron chi connectivity index (χ4n) is 4.22. The summed E-state index contributed by atoms with van der Waals surface area (Å²) in [5, 5.41) is 1.30. The van der Waals surface area contributed by atoms with Crippen LogP contribution in [0.2, 0.25) is 15.1 Å². The third kappa shape index (κ3) is 5.42. The number of esters is 1. The predicted octanol–water partition coefficient (Wildman–Crippen LogP) is 7.01. The van der Waals surface area contributed by atoms with Gasteiger partial charge in [-0.15, -0.1) is 0 Å². The van der Waals surface area contributed by atoms with Gasteiger partial charge < -0.3 is 4.74 Å². The first kappa shape index (κ1) is 25.7. The van der Waals surface area contributed by atoms with E-state index in [1.165, 1.54) is 28.6 Å². The summed E-state index contributed by atoms with van der Waals surface area (Å²) in [6.07, 6.45) is 1.99. The quantitative estimate of drug-likeness (QED) is 0.310. The second kappa shape index (κ2) is 10.7. The highest BCUT2D eigenvalue weighted by Gasteiger charge is 2.45. The van der Waals surface area contributed by atoms with Gasteiger partial charge in [-0.2, -0.15) is 4.31 Å². The highest BCUT2D eigenvalue weighted by Crippen LogP contribution is 2.46. The summed E-state index contributed by atoms with van der Waals surface area (Å²) in [5.74, 6) is -0.585. The van der Waals surface area contributed by atoms with Crippen LogP contribution in [0, 0.1) is 0 Å². The van der Waals surface area contributed by atoms with Crippen LogP contribution in [0.15, 0.2) is 89.3 Å². The van der Waals surface area contributed by atoms with Gasteiger partial charge in [0.1, 0.15) is 0 Å². The maximum Gasteiger partial charge on any atom is 0.335 e. The largest absolute Gasteiger partial charge is 0.463 e. The van der Waals surface area contributed by atoms with E-state index >= 15 is 0 Å². The summed E-state index contributed by atoms with van der Waals surface area (Å²) in [5.41, 5.74) is 1.47. The van der Waals surface area contributed by atoms with E-state index in [1.807, 2.05) is 6.07 Å².